The highest BCUT2D eigenvalue weighted by molar-refractivity contribution is 6.15. The van der Waals surface area contributed by atoms with E-state index in [0.29, 0.717) is 28.8 Å². The van der Waals surface area contributed by atoms with Gasteiger partial charge in [0.25, 0.3) is 0 Å². The predicted molar refractivity (Wildman–Crippen MR) is 578 cm³/mol. The zero-order chi connectivity index (χ0) is 101. The fraction of sp³-hybridized carbons (Fsp3) is 0.232. The van der Waals surface area contributed by atoms with E-state index in [2.05, 4.69) is 405 Å². The number of nitrogens with zero attached hydrogens (tertiary/aromatic N) is 12. The van der Waals surface area contributed by atoms with Crippen molar-refractivity contribution in [3.8, 4) is 67.5 Å². The van der Waals surface area contributed by atoms with Crippen molar-refractivity contribution in [1.82, 2.24) is 29.9 Å². The fourth-order valence-corrected chi connectivity index (χ4v) is 20.4. The second-order valence-electron chi connectivity index (χ2n) is 39.6. The quantitative estimate of drug-likeness (QED) is 0.138. The Labute approximate surface area is 834 Å². The lowest BCUT2D eigenvalue weighted by atomic mass is 9.96. The van der Waals surface area contributed by atoms with Gasteiger partial charge in [-0.2, -0.15) is 0 Å². The molecule has 0 saturated heterocycles. The number of rotatable bonds is 7. The molecule has 18 nitrogen and oxygen atoms in total. The monoisotopic (exact) mass is 1890 g/mol. The van der Waals surface area contributed by atoms with Gasteiger partial charge in [0.05, 0.1) is 33.4 Å². The second-order valence-corrected chi connectivity index (χ2v) is 39.6. The molecule has 0 aliphatic rings. The Kier molecular flexibility index (Phi) is 25.6. The summed E-state index contributed by atoms with van der Waals surface area (Å²) in [5.74, 6) is 0.486. The molecule has 0 unspecified atom stereocenters. The average molecular weight is 1890 g/mol. The van der Waals surface area contributed by atoms with Crippen molar-refractivity contribution in [2.24, 2.45) is 42.3 Å². The molecule has 18 heterocycles. The van der Waals surface area contributed by atoms with Crippen molar-refractivity contribution in [3.63, 3.8) is 0 Å². The number of aryl methyl sites for hydroxylation is 26. The normalized spacial score (nSPS) is 11.6. The van der Waals surface area contributed by atoms with Gasteiger partial charge < -0.3 is 26.5 Å². The van der Waals surface area contributed by atoms with Crippen molar-refractivity contribution in [2.45, 2.75) is 158 Å². The van der Waals surface area contributed by atoms with Gasteiger partial charge in [-0.05, 0) is 297 Å². The molecule has 0 aliphatic heterocycles. The van der Waals surface area contributed by atoms with Crippen LogP contribution in [-0.4, -0.2) is 29.9 Å². The summed E-state index contributed by atoms with van der Waals surface area (Å²) in [7, 11) is 12.5. The van der Waals surface area contributed by atoms with Crippen LogP contribution in [0.15, 0.2) is 264 Å². The Bertz CT molecular complexity index is 9290. The highest BCUT2D eigenvalue weighted by atomic mass is 16.4. The van der Waals surface area contributed by atoms with E-state index in [1.807, 2.05) is 84.0 Å². The molecule has 0 aliphatic carbocycles. The van der Waals surface area contributed by atoms with Crippen LogP contribution in [0.3, 0.4) is 0 Å². The molecule has 0 spiro atoms. The number of fused-ring (bicyclic) bond motifs is 18. The van der Waals surface area contributed by atoms with Gasteiger partial charge in [0.2, 0.25) is 68.4 Å². The summed E-state index contributed by atoms with van der Waals surface area (Å²) < 4.78 is 50.2. The standard InChI is InChI=1S/2C22H23N2O.2C21H21N2O.C20H19N2O.C19H17N2O/c1-12-10-18(24(6)11-15(12)4)20-14(3)9-13(2)19-17-8-7-16(5)23-22(17)25-21(19)20;1-13(2)16-10-11-24(5)19(12-16)20-14(3)6-8-17-18-9-7-15(4)23-22(18)25-21(17)20;1-12-6-9-17(23(5)11-12)19-14(3)10-13(2)18-16-8-7-15(4)22-21(16)24-20(18)19;1-12-6-8-16-17-9-7-15(4)22-21(17)24-20(16)19(12)18-10-13(2)14(3)11-23(18)5;1-12-5-10-17(22(4)11-12)18-13(2)6-8-15-16-9-7-14(3)21-20(16)23-19(15)18;1-12-7-9-14-15-10-8-13(2)20-19(15)22-18(14)17(12)16-6-4-5-11-21(16)3/h7-11H,1-6H3;6-13H,1-5H3;2*6-11H,1-5H3;5-11H,1-4H3;4-11H,1-3H3/q6*+1. The van der Waals surface area contributed by atoms with Crippen LogP contribution in [0, 0.1) is 138 Å². The van der Waals surface area contributed by atoms with Crippen LogP contribution in [0.5, 0.6) is 0 Å². The molecule has 0 amide bonds. The highest BCUT2D eigenvalue weighted by Crippen LogP contribution is 2.45. The van der Waals surface area contributed by atoms with Gasteiger partial charge in [0, 0.05) is 170 Å². The smallest absolute Gasteiger partial charge is 0.227 e. The number of pyridine rings is 12. The van der Waals surface area contributed by atoms with E-state index < -0.39 is 0 Å². The summed E-state index contributed by atoms with van der Waals surface area (Å²) in [6.07, 6.45) is 12.8. The zero-order valence-corrected chi connectivity index (χ0v) is 87.4. The molecule has 24 aromatic rings. The van der Waals surface area contributed by atoms with Crippen molar-refractivity contribution < 1.29 is 53.9 Å². The van der Waals surface area contributed by atoms with Crippen molar-refractivity contribution in [3.05, 3.63) is 355 Å². The maximum absolute atomic E-state index is 6.28. The van der Waals surface area contributed by atoms with E-state index >= 15 is 0 Å². The van der Waals surface area contributed by atoms with E-state index in [1.54, 1.807) is 0 Å². The lowest BCUT2D eigenvalue weighted by Gasteiger charge is -2.09. The second kappa shape index (κ2) is 38.2. The fourth-order valence-electron chi connectivity index (χ4n) is 20.4. The maximum Gasteiger partial charge on any atom is 0.227 e. The van der Waals surface area contributed by atoms with Gasteiger partial charge in [-0.15, -0.1) is 0 Å². The molecule has 6 aromatic carbocycles. The number of aromatic nitrogens is 12. The van der Waals surface area contributed by atoms with Crippen molar-refractivity contribution in [1.29, 1.82) is 0 Å². The largest absolute Gasteiger partial charge is 0.437 e. The Morgan fingerprint density at radius 3 is 0.804 bits per heavy atom. The highest BCUT2D eigenvalue weighted by Gasteiger charge is 2.31. The Hall–Kier alpha value is -16.1. The SMILES string of the molecule is Cc1ccc(-c2c(C)cc(C)c3c2oc2nc(C)ccc23)[n+](C)c1.Cc1ccc(-c2c(C)ccc3c2oc2nc(C)ccc23)[n+](C)c1.Cc1ccc2c(n1)oc1c(-c3cc(C(C)C)cc[n+]3C)c(C)ccc12.Cc1ccc2c(n1)oc1c(-c3cc(C)c(C)c[n+]3C)c(C)cc(C)c12.Cc1ccc2c(n1)oc1c(-c3cc(C)c(C)c[n+]3C)c(C)ccc12.Cc1ccc2c(n1)oc1c(-c3cccc[n+]3C)c(C)ccc12. The molecular formula is C125H124N12O6+6. The van der Waals surface area contributed by atoms with Gasteiger partial charge in [0.1, 0.15) is 42.3 Å². The number of hydrogen-bond donors (Lipinski definition) is 0. The molecule has 0 N–H and O–H groups in total. The number of furan rings is 6. The topological polar surface area (TPSA) is 179 Å². The first-order valence-electron chi connectivity index (χ1n) is 49.0. The maximum atomic E-state index is 6.28. The van der Waals surface area contributed by atoms with E-state index in [9.17, 15) is 0 Å². The molecule has 143 heavy (non-hydrogen) atoms. The van der Waals surface area contributed by atoms with Crippen LogP contribution in [0.4, 0.5) is 0 Å². The van der Waals surface area contributed by atoms with Crippen LogP contribution in [0.2, 0.25) is 0 Å². The molecule has 24 rings (SSSR count). The molecule has 0 saturated carbocycles. The van der Waals surface area contributed by atoms with E-state index in [0.717, 1.165) is 189 Å². The third kappa shape index (κ3) is 18.0. The summed E-state index contributed by atoms with van der Waals surface area (Å²) >= 11 is 0. The Morgan fingerprint density at radius 1 is 0.203 bits per heavy atom. The molecule has 0 radical (unpaired) electrons. The van der Waals surface area contributed by atoms with Crippen LogP contribution in [0.1, 0.15) is 137 Å². The first-order chi connectivity index (χ1) is 68.4. The predicted octanol–water partition coefficient (Wildman–Crippen LogP) is 28.1. The summed E-state index contributed by atoms with van der Waals surface area (Å²) in [5.41, 5.74) is 48.1. The Morgan fingerprint density at radius 2 is 0.476 bits per heavy atom. The summed E-state index contributed by atoms with van der Waals surface area (Å²) in [5, 5.41) is 13.3. The lowest BCUT2D eigenvalue weighted by molar-refractivity contribution is -0.660. The molecular weight excluding hydrogens is 1770 g/mol. The van der Waals surface area contributed by atoms with Crippen LogP contribution in [0.25, 0.3) is 200 Å². The van der Waals surface area contributed by atoms with Crippen LogP contribution in [-0.2, 0) is 42.3 Å². The molecule has 714 valence electrons. The number of hydrogen-bond acceptors (Lipinski definition) is 12. The Balaban J connectivity index is 0.000000109. The van der Waals surface area contributed by atoms with Crippen molar-refractivity contribution in [2.75, 3.05) is 0 Å². The minimum Gasteiger partial charge on any atom is -0.437 e. The average Bonchev–Trinajstić information content (AvgIpc) is 1.63. The van der Waals surface area contributed by atoms with Gasteiger partial charge in [-0.1, -0.05) is 74.5 Å². The van der Waals surface area contributed by atoms with Gasteiger partial charge in [-0.25, -0.2) is 57.3 Å². The zero-order valence-electron chi connectivity index (χ0n) is 87.4. The summed E-state index contributed by atoms with van der Waals surface area (Å²) in [6.45, 7) is 46.3. The van der Waals surface area contributed by atoms with E-state index in [1.165, 1.54) is 106 Å². The van der Waals surface area contributed by atoms with Gasteiger partial charge >= 0.3 is 0 Å². The lowest BCUT2D eigenvalue weighted by Crippen LogP contribution is -2.31. The first kappa shape index (κ1) is 95.8. The minimum absolute atomic E-state index is 0.486. The number of benzene rings is 6. The van der Waals surface area contributed by atoms with Gasteiger partial charge in [0.15, 0.2) is 70.7 Å². The summed E-state index contributed by atoms with van der Waals surface area (Å²) in [4.78, 5) is 27.4. The van der Waals surface area contributed by atoms with Crippen molar-refractivity contribution >= 4 is 132 Å². The molecule has 0 bridgehead atoms. The molecule has 18 heteroatoms. The van der Waals surface area contributed by atoms with Crippen LogP contribution >= 0.6 is 0 Å². The third-order valence-electron chi connectivity index (χ3n) is 28.2. The van der Waals surface area contributed by atoms with Crippen LogP contribution < -0.4 is 27.4 Å². The first-order valence-corrected chi connectivity index (χ1v) is 49.0. The minimum atomic E-state index is 0.486. The summed E-state index contributed by atoms with van der Waals surface area (Å²) in [6, 6.07) is 70.3. The van der Waals surface area contributed by atoms with E-state index in [-0.39, 0.29) is 0 Å². The molecule has 18 aromatic heterocycles. The molecule has 0 atom stereocenters. The third-order valence-corrected chi connectivity index (χ3v) is 28.2. The molecule has 0 fully saturated rings. The van der Waals surface area contributed by atoms with Gasteiger partial charge in [-0.3, -0.25) is 0 Å². The van der Waals surface area contributed by atoms with E-state index in [4.69, 9.17) is 26.5 Å².